The Morgan fingerprint density at radius 2 is 1.84 bits per heavy atom. The number of rotatable bonds is 6. The molecule has 0 unspecified atom stereocenters. The van der Waals surface area contributed by atoms with E-state index in [0.717, 1.165) is 19.0 Å². The first-order valence-corrected chi connectivity index (χ1v) is 7.67. The van der Waals surface area contributed by atoms with Gasteiger partial charge >= 0.3 is 0 Å². The van der Waals surface area contributed by atoms with E-state index in [-0.39, 0.29) is 0 Å². The molecule has 2 fully saturated rings. The predicted molar refractivity (Wildman–Crippen MR) is 80.4 cm³/mol. The Bertz CT molecular complexity index is 413. The third-order valence-corrected chi connectivity index (χ3v) is 5.04. The van der Waals surface area contributed by atoms with Gasteiger partial charge in [-0.15, -0.1) is 0 Å². The predicted octanol–water partition coefficient (Wildman–Crippen LogP) is 3.14. The molecule has 104 valence electrons. The van der Waals surface area contributed by atoms with Gasteiger partial charge in [-0.3, -0.25) is 0 Å². The molecule has 0 heterocycles. The van der Waals surface area contributed by atoms with Gasteiger partial charge in [0.05, 0.1) is 0 Å². The normalized spacial score (nSPS) is 21.4. The highest BCUT2D eigenvalue weighted by Gasteiger charge is 2.38. The summed E-state index contributed by atoms with van der Waals surface area (Å²) in [6, 6.07) is 9.23. The molecular weight excluding hydrogens is 232 g/mol. The largest absolute Gasteiger partial charge is 0.311 e. The first-order valence-electron chi connectivity index (χ1n) is 7.67. The Labute approximate surface area is 117 Å². The standard InChI is InChI=1S/C17H26N2/c1-19(2)17(10-3-11-17)13-18-12-14-4-6-15(7-5-14)16-8-9-16/h4-7,16,18H,3,8-13H2,1-2H3. The lowest BCUT2D eigenvalue weighted by molar-refractivity contribution is 0.0598. The average Bonchev–Trinajstić information content (AvgIpc) is 3.17. The monoisotopic (exact) mass is 258 g/mol. The molecule has 0 atom stereocenters. The molecule has 0 radical (unpaired) electrons. The van der Waals surface area contributed by atoms with Crippen LogP contribution >= 0.6 is 0 Å². The van der Waals surface area contributed by atoms with Crippen LogP contribution in [0.4, 0.5) is 0 Å². The van der Waals surface area contributed by atoms with Crippen molar-refractivity contribution < 1.29 is 0 Å². The molecule has 1 aromatic carbocycles. The van der Waals surface area contributed by atoms with Crippen LogP contribution in [0.5, 0.6) is 0 Å². The van der Waals surface area contributed by atoms with Crippen molar-refractivity contribution in [1.82, 2.24) is 10.2 Å². The summed E-state index contributed by atoms with van der Waals surface area (Å²) in [5.74, 6) is 0.869. The van der Waals surface area contributed by atoms with E-state index in [1.54, 1.807) is 0 Å². The molecule has 0 saturated heterocycles. The zero-order valence-corrected chi connectivity index (χ0v) is 12.3. The summed E-state index contributed by atoms with van der Waals surface area (Å²) >= 11 is 0. The molecule has 1 aromatic rings. The van der Waals surface area contributed by atoms with Gasteiger partial charge in [0, 0.05) is 18.6 Å². The molecule has 0 aliphatic heterocycles. The number of nitrogens with zero attached hydrogens (tertiary/aromatic N) is 1. The maximum Gasteiger partial charge on any atom is 0.0328 e. The fraction of sp³-hybridized carbons (Fsp3) is 0.647. The summed E-state index contributed by atoms with van der Waals surface area (Å²) in [5, 5.41) is 3.65. The van der Waals surface area contributed by atoms with Crippen LogP contribution in [0.25, 0.3) is 0 Å². The zero-order valence-electron chi connectivity index (χ0n) is 12.3. The average molecular weight is 258 g/mol. The van der Waals surface area contributed by atoms with Crippen LogP contribution < -0.4 is 5.32 Å². The summed E-state index contributed by atoms with van der Waals surface area (Å²) in [6.07, 6.45) is 6.85. The van der Waals surface area contributed by atoms with E-state index in [1.165, 1.54) is 43.2 Å². The van der Waals surface area contributed by atoms with E-state index < -0.39 is 0 Å². The molecule has 3 rings (SSSR count). The van der Waals surface area contributed by atoms with E-state index >= 15 is 0 Å². The second kappa shape index (κ2) is 5.26. The van der Waals surface area contributed by atoms with Crippen LogP contribution in [-0.2, 0) is 6.54 Å². The lowest BCUT2D eigenvalue weighted by Gasteiger charge is -2.47. The molecule has 2 saturated carbocycles. The van der Waals surface area contributed by atoms with Crippen LogP contribution in [0.15, 0.2) is 24.3 Å². The Morgan fingerprint density at radius 3 is 2.32 bits per heavy atom. The van der Waals surface area contributed by atoms with Crippen molar-refractivity contribution in [3.05, 3.63) is 35.4 Å². The number of benzene rings is 1. The number of nitrogens with one attached hydrogen (secondary N) is 1. The smallest absolute Gasteiger partial charge is 0.0328 e. The van der Waals surface area contributed by atoms with Gasteiger partial charge < -0.3 is 10.2 Å². The highest BCUT2D eigenvalue weighted by atomic mass is 15.2. The van der Waals surface area contributed by atoms with Gasteiger partial charge in [0.25, 0.3) is 0 Å². The van der Waals surface area contributed by atoms with E-state index in [0.29, 0.717) is 5.54 Å². The number of hydrogen-bond donors (Lipinski definition) is 1. The molecule has 1 N–H and O–H groups in total. The third kappa shape index (κ3) is 2.85. The minimum absolute atomic E-state index is 0.425. The molecule has 2 nitrogen and oxygen atoms in total. The highest BCUT2D eigenvalue weighted by molar-refractivity contribution is 5.28. The lowest BCUT2D eigenvalue weighted by atomic mass is 9.75. The molecule has 0 bridgehead atoms. The maximum absolute atomic E-state index is 3.65. The maximum atomic E-state index is 3.65. The molecule has 19 heavy (non-hydrogen) atoms. The van der Waals surface area contributed by atoms with E-state index in [2.05, 4.69) is 48.6 Å². The summed E-state index contributed by atoms with van der Waals surface area (Å²) in [7, 11) is 4.43. The first-order chi connectivity index (χ1) is 9.20. The van der Waals surface area contributed by atoms with Crippen LogP contribution in [0, 0.1) is 0 Å². The van der Waals surface area contributed by atoms with Crippen LogP contribution in [0.1, 0.15) is 49.1 Å². The molecule has 0 spiro atoms. The van der Waals surface area contributed by atoms with Crippen LogP contribution in [0.3, 0.4) is 0 Å². The van der Waals surface area contributed by atoms with Gasteiger partial charge in [0.2, 0.25) is 0 Å². The summed E-state index contributed by atoms with van der Waals surface area (Å²) in [4.78, 5) is 2.40. The van der Waals surface area contributed by atoms with Crippen molar-refractivity contribution in [2.45, 2.75) is 50.1 Å². The van der Waals surface area contributed by atoms with Gasteiger partial charge in [0.15, 0.2) is 0 Å². The van der Waals surface area contributed by atoms with E-state index in [9.17, 15) is 0 Å². The van der Waals surface area contributed by atoms with Crippen LogP contribution in [-0.4, -0.2) is 31.1 Å². The minimum atomic E-state index is 0.425. The minimum Gasteiger partial charge on any atom is -0.311 e. The fourth-order valence-corrected chi connectivity index (χ4v) is 3.13. The first kappa shape index (κ1) is 13.1. The quantitative estimate of drug-likeness (QED) is 0.843. The molecule has 2 heteroatoms. The highest BCUT2D eigenvalue weighted by Crippen LogP contribution is 2.40. The van der Waals surface area contributed by atoms with Crippen LogP contribution in [0.2, 0.25) is 0 Å². The molecule has 0 aromatic heterocycles. The third-order valence-electron chi connectivity index (χ3n) is 5.04. The second-order valence-electron chi connectivity index (χ2n) is 6.59. The summed E-state index contributed by atoms with van der Waals surface area (Å²) in [5.41, 5.74) is 3.37. The van der Waals surface area contributed by atoms with E-state index in [1.807, 2.05) is 0 Å². The summed E-state index contributed by atoms with van der Waals surface area (Å²) in [6.45, 7) is 2.12. The Kier molecular flexibility index (Phi) is 3.64. The Balaban J connectivity index is 1.49. The zero-order chi connectivity index (χ0) is 13.3. The number of likely N-dealkylation sites (N-methyl/N-ethyl adjacent to an activating group) is 1. The van der Waals surface area contributed by atoms with Gasteiger partial charge in [-0.25, -0.2) is 0 Å². The topological polar surface area (TPSA) is 15.3 Å². The second-order valence-corrected chi connectivity index (χ2v) is 6.59. The van der Waals surface area contributed by atoms with Crippen molar-refractivity contribution in [1.29, 1.82) is 0 Å². The fourth-order valence-electron chi connectivity index (χ4n) is 3.13. The summed E-state index contributed by atoms with van der Waals surface area (Å²) < 4.78 is 0. The van der Waals surface area contributed by atoms with Crippen molar-refractivity contribution in [3.8, 4) is 0 Å². The van der Waals surface area contributed by atoms with Gasteiger partial charge in [-0.2, -0.15) is 0 Å². The molecule has 0 amide bonds. The Morgan fingerprint density at radius 1 is 1.16 bits per heavy atom. The van der Waals surface area contributed by atoms with E-state index in [4.69, 9.17) is 0 Å². The Hall–Kier alpha value is -0.860. The van der Waals surface area contributed by atoms with Crippen molar-refractivity contribution in [2.75, 3.05) is 20.6 Å². The lowest BCUT2D eigenvalue weighted by Crippen LogP contribution is -2.56. The number of hydrogen-bond acceptors (Lipinski definition) is 2. The molecule has 2 aliphatic carbocycles. The van der Waals surface area contributed by atoms with Gasteiger partial charge in [0.1, 0.15) is 0 Å². The van der Waals surface area contributed by atoms with Gasteiger partial charge in [-0.05, 0) is 63.2 Å². The van der Waals surface area contributed by atoms with Crippen molar-refractivity contribution in [2.24, 2.45) is 0 Å². The molecule has 2 aliphatic rings. The van der Waals surface area contributed by atoms with Gasteiger partial charge in [-0.1, -0.05) is 24.3 Å². The van der Waals surface area contributed by atoms with Crippen molar-refractivity contribution >= 4 is 0 Å². The van der Waals surface area contributed by atoms with Crippen molar-refractivity contribution in [3.63, 3.8) is 0 Å². The molecular formula is C17H26N2. The SMILES string of the molecule is CN(C)C1(CNCc2ccc(C3CC3)cc2)CCC1.